The molecule has 0 saturated heterocycles. The number of halogens is 3. The monoisotopic (exact) mass is 307 g/mol. The minimum absolute atomic E-state index is 0.112. The van der Waals surface area contributed by atoms with Crippen molar-refractivity contribution in [3.05, 3.63) is 22.0 Å². The van der Waals surface area contributed by atoms with Gasteiger partial charge >= 0.3 is 0 Å². The fourth-order valence-corrected chi connectivity index (χ4v) is 1.47. The summed E-state index contributed by atoms with van der Waals surface area (Å²) in [5, 5.41) is 21.1. The van der Waals surface area contributed by atoms with E-state index in [1.807, 2.05) is 0 Å². The fraction of sp³-hybridized carbons (Fsp3) is 0.200. The van der Waals surface area contributed by atoms with E-state index in [0.29, 0.717) is 0 Å². The van der Waals surface area contributed by atoms with Crippen molar-refractivity contribution in [3.63, 3.8) is 0 Å². The summed E-state index contributed by atoms with van der Waals surface area (Å²) in [6, 6.07) is 0. The Balaban J connectivity index is 3.01. The Morgan fingerprint density at radius 1 is 1.55 bits per heavy atom. The Hall–Kier alpha value is 0.350. The lowest BCUT2D eigenvalue weighted by Crippen LogP contribution is -2.41. The fourth-order valence-electron chi connectivity index (χ4n) is 0.548. The maximum Gasteiger partial charge on any atom is 0.248 e. The van der Waals surface area contributed by atoms with Crippen LogP contribution in [-0.4, -0.2) is 13.9 Å². The molecule has 1 aliphatic heterocycles. The van der Waals surface area contributed by atoms with Crippen LogP contribution in [0, 0.1) is 0 Å². The molecule has 1 aliphatic rings. The van der Waals surface area contributed by atoms with Gasteiger partial charge in [0.25, 0.3) is 0 Å². The van der Waals surface area contributed by atoms with E-state index < -0.39 is 3.73 Å². The van der Waals surface area contributed by atoms with Crippen LogP contribution in [0.3, 0.4) is 0 Å². The van der Waals surface area contributed by atoms with Gasteiger partial charge in [-0.15, -0.1) is 0 Å². The first-order valence-electron chi connectivity index (χ1n) is 2.59. The van der Waals surface area contributed by atoms with Gasteiger partial charge < -0.3 is 15.5 Å². The van der Waals surface area contributed by atoms with Crippen LogP contribution in [0.4, 0.5) is 0 Å². The zero-order valence-corrected chi connectivity index (χ0v) is 8.78. The Labute approximate surface area is 86.8 Å². The first-order chi connectivity index (χ1) is 4.93. The van der Waals surface area contributed by atoms with Crippen LogP contribution in [0.25, 0.3) is 0 Å². The highest BCUT2D eigenvalue weighted by molar-refractivity contribution is 14.1. The topological polar surface area (TPSA) is 52.5 Å². The molecule has 0 spiro atoms. The average molecular weight is 308 g/mol. The third-order valence-corrected chi connectivity index (χ3v) is 2.60. The van der Waals surface area contributed by atoms with Crippen LogP contribution in [0.5, 0.6) is 0 Å². The van der Waals surface area contributed by atoms with E-state index in [2.05, 4.69) is 5.32 Å². The molecule has 3 N–H and O–H groups in total. The van der Waals surface area contributed by atoms with E-state index in [-0.39, 0.29) is 15.9 Å². The van der Waals surface area contributed by atoms with Crippen LogP contribution in [0.15, 0.2) is 22.0 Å². The molecule has 0 amide bonds. The summed E-state index contributed by atoms with van der Waals surface area (Å²) in [5.41, 5.74) is 0. The molecule has 0 fully saturated rings. The van der Waals surface area contributed by atoms with E-state index in [1.165, 1.54) is 6.08 Å². The molecule has 11 heavy (non-hydrogen) atoms. The lowest BCUT2D eigenvalue weighted by Gasteiger charge is -2.25. The third-order valence-electron chi connectivity index (χ3n) is 1.09. The molecule has 0 aromatic rings. The summed E-state index contributed by atoms with van der Waals surface area (Å²) in [7, 11) is 0. The summed E-state index contributed by atoms with van der Waals surface area (Å²) in [6.45, 7) is 0. The second-order valence-electron chi connectivity index (χ2n) is 1.94. The number of dihydropyridines is 1. The molecule has 1 rings (SSSR count). The number of aliphatic hydroxyl groups excluding tert-OH is 1. The summed E-state index contributed by atoms with van der Waals surface area (Å²) in [6.07, 6.45) is 1.19. The summed E-state index contributed by atoms with van der Waals surface area (Å²) < 4.78 is -1.55. The molecule has 1 heterocycles. The molecular weight excluding hydrogens is 304 g/mol. The molecular formula is C5H4Cl2INO2. The number of hydrogen-bond donors (Lipinski definition) is 3. The van der Waals surface area contributed by atoms with E-state index in [9.17, 15) is 5.11 Å². The highest BCUT2D eigenvalue weighted by Gasteiger charge is 2.32. The van der Waals surface area contributed by atoms with Crippen molar-refractivity contribution in [2.24, 2.45) is 0 Å². The van der Waals surface area contributed by atoms with Gasteiger partial charge in [0, 0.05) is 6.08 Å². The SMILES string of the molecule is OC1=CC(Cl)=C(Cl)NC1(O)I. The lowest BCUT2D eigenvalue weighted by molar-refractivity contribution is 0.115. The Morgan fingerprint density at radius 2 is 2.09 bits per heavy atom. The van der Waals surface area contributed by atoms with Crippen molar-refractivity contribution in [3.8, 4) is 0 Å². The Kier molecular flexibility index (Phi) is 2.58. The number of rotatable bonds is 0. The average Bonchev–Trinajstić information content (AvgIpc) is 1.83. The second kappa shape index (κ2) is 3.01. The maximum absolute atomic E-state index is 9.31. The number of alkyl halides is 1. The van der Waals surface area contributed by atoms with E-state index in [0.717, 1.165) is 0 Å². The third kappa shape index (κ3) is 1.93. The molecule has 1 unspecified atom stereocenters. The van der Waals surface area contributed by atoms with Crippen molar-refractivity contribution in [2.75, 3.05) is 0 Å². The zero-order chi connectivity index (χ0) is 8.65. The molecule has 1 atom stereocenters. The molecule has 0 radical (unpaired) electrons. The molecule has 0 bridgehead atoms. The Bertz CT molecular complexity index is 249. The quantitative estimate of drug-likeness (QED) is 0.363. The molecule has 6 heteroatoms. The van der Waals surface area contributed by atoms with Crippen molar-refractivity contribution >= 4 is 45.8 Å². The van der Waals surface area contributed by atoms with Crippen LogP contribution >= 0.6 is 45.8 Å². The number of aliphatic hydroxyl groups is 2. The van der Waals surface area contributed by atoms with Crippen LogP contribution in [0.2, 0.25) is 0 Å². The normalized spacial score (nSPS) is 31.5. The van der Waals surface area contributed by atoms with Gasteiger partial charge in [0.15, 0.2) is 5.76 Å². The summed E-state index contributed by atoms with van der Waals surface area (Å²) >= 11 is 12.6. The number of hydrogen-bond acceptors (Lipinski definition) is 3. The van der Waals surface area contributed by atoms with Crippen molar-refractivity contribution < 1.29 is 10.2 Å². The standard InChI is InChI=1S/C5H4Cl2INO2/c6-2-1-3(10)5(8,11)9-4(2)7/h1,9-11H. The van der Waals surface area contributed by atoms with E-state index >= 15 is 0 Å². The van der Waals surface area contributed by atoms with Gasteiger partial charge in [-0.1, -0.05) is 23.2 Å². The second-order valence-corrected chi connectivity index (χ2v) is 4.28. The van der Waals surface area contributed by atoms with E-state index in [1.54, 1.807) is 22.6 Å². The zero-order valence-electron chi connectivity index (χ0n) is 5.11. The van der Waals surface area contributed by atoms with Gasteiger partial charge in [0.2, 0.25) is 3.73 Å². The van der Waals surface area contributed by atoms with Gasteiger partial charge in [-0.25, -0.2) is 0 Å². The highest BCUT2D eigenvalue weighted by Crippen LogP contribution is 2.30. The molecule has 0 aromatic carbocycles. The first-order valence-corrected chi connectivity index (χ1v) is 4.43. The predicted molar refractivity (Wildman–Crippen MR) is 51.5 cm³/mol. The number of allylic oxidation sites excluding steroid dienone is 2. The molecule has 0 aliphatic carbocycles. The Morgan fingerprint density at radius 3 is 2.55 bits per heavy atom. The first kappa shape index (κ1) is 9.44. The predicted octanol–water partition coefficient (Wildman–Crippen LogP) is 1.76. The van der Waals surface area contributed by atoms with Crippen molar-refractivity contribution in [2.45, 2.75) is 3.73 Å². The van der Waals surface area contributed by atoms with E-state index in [4.69, 9.17) is 28.3 Å². The van der Waals surface area contributed by atoms with Gasteiger partial charge in [-0.3, -0.25) is 0 Å². The van der Waals surface area contributed by atoms with Crippen molar-refractivity contribution in [1.82, 2.24) is 5.32 Å². The van der Waals surface area contributed by atoms with Gasteiger partial charge in [-0.2, -0.15) is 0 Å². The molecule has 3 nitrogen and oxygen atoms in total. The van der Waals surface area contributed by atoms with Crippen molar-refractivity contribution in [1.29, 1.82) is 0 Å². The smallest absolute Gasteiger partial charge is 0.248 e. The lowest BCUT2D eigenvalue weighted by atomic mass is 10.3. The number of nitrogens with one attached hydrogen (secondary N) is 1. The summed E-state index contributed by atoms with van der Waals surface area (Å²) in [4.78, 5) is 0. The summed E-state index contributed by atoms with van der Waals surface area (Å²) in [5.74, 6) is -0.271. The van der Waals surface area contributed by atoms with Crippen LogP contribution < -0.4 is 5.32 Å². The molecule has 62 valence electrons. The van der Waals surface area contributed by atoms with Crippen LogP contribution in [0.1, 0.15) is 0 Å². The van der Waals surface area contributed by atoms with Gasteiger partial charge in [0.05, 0.1) is 5.03 Å². The minimum Gasteiger partial charge on any atom is -0.506 e. The highest BCUT2D eigenvalue weighted by atomic mass is 127. The maximum atomic E-state index is 9.31. The van der Waals surface area contributed by atoms with Gasteiger partial charge in [0.1, 0.15) is 5.16 Å². The largest absolute Gasteiger partial charge is 0.506 e. The molecule has 0 saturated carbocycles. The minimum atomic E-state index is -1.55. The molecule has 0 aromatic heterocycles. The van der Waals surface area contributed by atoms with Crippen LogP contribution in [-0.2, 0) is 0 Å². The van der Waals surface area contributed by atoms with Gasteiger partial charge in [-0.05, 0) is 22.6 Å².